The summed E-state index contributed by atoms with van der Waals surface area (Å²) in [6, 6.07) is 15.4. The van der Waals surface area contributed by atoms with Crippen molar-refractivity contribution in [2.24, 2.45) is 0 Å². The summed E-state index contributed by atoms with van der Waals surface area (Å²) in [5.41, 5.74) is 3.42. The van der Waals surface area contributed by atoms with E-state index in [4.69, 9.17) is 32.7 Å². The molecule has 0 saturated carbocycles. The van der Waals surface area contributed by atoms with Crippen LogP contribution in [0.25, 0.3) is 28.5 Å². The number of pyridine rings is 2. The molecule has 0 bridgehead atoms. The van der Waals surface area contributed by atoms with Gasteiger partial charge in [-0.1, -0.05) is 66.2 Å². The zero-order chi connectivity index (χ0) is 31.2. The summed E-state index contributed by atoms with van der Waals surface area (Å²) < 4.78 is 25.6. The highest BCUT2D eigenvalue weighted by Gasteiger charge is 2.22. The quantitative estimate of drug-likeness (QED) is 0.169. The van der Waals surface area contributed by atoms with Crippen LogP contribution < -0.4 is 20.7 Å². The number of alkyl carbamates (subject to hydrolysis) is 1. The molecule has 44 heavy (non-hydrogen) atoms. The Balaban J connectivity index is 1.34. The molecule has 12 heteroatoms. The Labute approximate surface area is 263 Å². The third-order valence-electron chi connectivity index (χ3n) is 7.02. The van der Waals surface area contributed by atoms with E-state index < -0.39 is 11.9 Å². The number of methoxy groups -OCH3 is 1. The van der Waals surface area contributed by atoms with Gasteiger partial charge in [0.05, 0.1) is 34.1 Å². The number of aromatic nitrogens is 2. The van der Waals surface area contributed by atoms with Gasteiger partial charge in [-0.15, -0.1) is 0 Å². The predicted octanol–water partition coefficient (Wildman–Crippen LogP) is 7.16. The Morgan fingerprint density at radius 1 is 1.11 bits per heavy atom. The maximum absolute atomic E-state index is 14.8. The lowest BCUT2D eigenvalue weighted by atomic mass is 10.0. The number of ether oxygens (including phenoxy) is 2. The molecule has 0 unspecified atom stereocenters. The van der Waals surface area contributed by atoms with E-state index in [1.54, 1.807) is 42.6 Å². The third-order valence-corrected chi connectivity index (χ3v) is 7.81. The van der Waals surface area contributed by atoms with Crippen LogP contribution in [0.4, 0.5) is 20.7 Å². The van der Waals surface area contributed by atoms with E-state index in [0.29, 0.717) is 51.4 Å². The highest BCUT2D eigenvalue weighted by atomic mass is 35.5. The molecule has 0 spiro atoms. The first-order chi connectivity index (χ1) is 21.3. The molecule has 1 fully saturated rings. The van der Waals surface area contributed by atoms with Crippen LogP contribution >= 0.6 is 23.2 Å². The number of hydrogen-bond donors (Lipinski definition) is 3. The lowest BCUT2D eigenvalue weighted by Gasteiger charge is -2.15. The fraction of sp³-hybridized carbons (Fsp3) is 0.188. The van der Waals surface area contributed by atoms with Crippen molar-refractivity contribution in [2.75, 3.05) is 19.0 Å². The summed E-state index contributed by atoms with van der Waals surface area (Å²) in [6.07, 6.45) is 3.48. The minimum absolute atomic E-state index is 0.0281. The first-order valence-electron chi connectivity index (χ1n) is 13.6. The van der Waals surface area contributed by atoms with Gasteiger partial charge >= 0.3 is 6.09 Å². The summed E-state index contributed by atoms with van der Waals surface area (Å²) in [4.78, 5) is 32.4. The molecule has 1 aliphatic heterocycles. The van der Waals surface area contributed by atoms with E-state index in [2.05, 4.69) is 32.5 Å². The number of carbonyl (C=O) groups excluding carboxylic acids is 2. The molecule has 3 heterocycles. The minimum Gasteiger partial charge on any atom is -0.481 e. The maximum Gasteiger partial charge on any atom is 0.407 e. The second kappa shape index (κ2) is 13.7. The largest absolute Gasteiger partial charge is 0.481 e. The molecular weight excluding hydrogens is 608 g/mol. The standard InChI is InChI=1S/C32H28Cl2FN5O4/c1-3-18-6-4-9-25(29(18)35)39-30-28(34)22(14-15-36-30)21-7-5-8-23(27(21)33)24-12-10-19(31(40-24)43-2)17-44-32(42)37-16-20-11-13-26(41)38-20/h3-10,12,14-15,20H,1,11,13,16-17H2,2H3,(H,36,39)(H,37,42)(H,38,41)/t20-/m0/s1. The van der Waals surface area contributed by atoms with E-state index >= 15 is 0 Å². The Morgan fingerprint density at radius 2 is 1.89 bits per heavy atom. The van der Waals surface area contributed by atoms with Crippen molar-refractivity contribution >= 4 is 52.8 Å². The molecule has 0 aliphatic carbocycles. The number of benzene rings is 2. The van der Waals surface area contributed by atoms with Gasteiger partial charge in [-0.2, -0.15) is 0 Å². The van der Waals surface area contributed by atoms with Gasteiger partial charge < -0.3 is 25.4 Å². The van der Waals surface area contributed by atoms with E-state index in [9.17, 15) is 14.0 Å². The molecule has 1 saturated heterocycles. The van der Waals surface area contributed by atoms with Crippen LogP contribution in [0, 0.1) is 5.82 Å². The van der Waals surface area contributed by atoms with Crippen molar-refractivity contribution in [2.45, 2.75) is 25.5 Å². The predicted molar refractivity (Wildman–Crippen MR) is 169 cm³/mol. The first kappa shape index (κ1) is 30.8. The van der Waals surface area contributed by atoms with E-state index in [1.165, 1.54) is 13.2 Å². The van der Waals surface area contributed by atoms with Crippen LogP contribution in [-0.2, 0) is 16.1 Å². The smallest absolute Gasteiger partial charge is 0.407 e. The van der Waals surface area contributed by atoms with Crippen molar-refractivity contribution in [1.82, 2.24) is 20.6 Å². The Kier molecular flexibility index (Phi) is 9.62. The number of nitrogens with one attached hydrogen (secondary N) is 3. The highest BCUT2D eigenvalue weighted by Crippen LogP contribution is 2.41. The fourth-order valence-corrected chi connectivity index (χ4v) is 5.33. The van der Waals surface area contributed by atoms with Crippen molar-refractivity contribution in [3.63, 3.8) is 0 Å². The average Bonchev–Trinajstić information content (AvgIpc) is 3.46. The molecule has 5 rings (SSSR count). The van der Waals surface area contributed by atoms with Crippen LogP contribution in [0.5, 0.6) is 5.88 Å². The van der Waals surface area contributed by atoms with Gasteiger partial charge in [0.25, 0.3) is 0 Å². The van der Waals surface area contributed by atoms with Crippen LogP contribution in [0.15, 0.2) is 67.4 Å². The van der Waals surface area contributed by atoms with Gasteiger partial charge in [-0.05, 0) is 30.7 Å². The summed E-state index contributed by atoms with van der Waals surface area (Å²) in [5, 5.41) is 9.03. The lowest BCUT2D eigenvalue weighted by Crippen LogP contribution is -2.38. The van der Waals surface area contributed by atoms with Gasteiger partial charge in [0, 0.05) is 47.5 Å². The molecule has 2 aromatic heterocycles. The van der Waals surface area contributed by atoms with Crippen molar-refractivity contribution in [1.29, 1.82) is 0 Å². The van der Waals surface area contributed by atoms with Crippen molar-refractivity contribution in [3.8, 4) is 28.3 Å². The molecule has 226 valence electrons. The Hall–Kier alpha value is -4.67. The van der Waals surface area contributed by atoms with Crippen LogP contribution in [0.2, 0.25) is 10.0 Å². The monoisotopic (exact) mass is 635 g/mol. The summed E-state index contributed by atoms with van der Waals surface area (Å²) in [6.45, 7) is 3.84. The Bertz CT molecular complexity index is 1740. The van der Waals surface area contributed by atoms with E-state index in [1.807, 2.05) is 18.2 Å². The zero-order valence-corrected chi connectivity index (χ0v) is 25.1. The van der Waals surface area contributed by atoms with Gasteiger partial charge in [0.2, 0.25) is 11.8 Å². The van der Waals surface area contributed by atoms with E-state index in [0.717, 1.165) is 0 Å². The summed E-state index contributed by atoms with van der Waals surface area (Å²) >= 11 is 13.7. The highest BCUT2D eigenvalue weighted by molar-refractivity contribution is 6.39. The second-order valence-corrected chi connectivity index (χ2v) is 10.6. The van der Waals surface area contributed by atoms with Crippen molar-refractivity contribution < 1.29 is 23.5 Å². The third kappa shape index (κ3) is 6.77. The fourth-order valence-electron chi connectivity index (χ4n) is 4.75. The normalized spacial score (nSPS) is 14.1. The van der Waals surface area contributed by atoms with Gasteiger partial charge in [0.15, 0.2) is 5.82 Å². The summed E-state index contributed by atoms with van der Waals surface area (Å²) in [7, 11) is 1.47. The summed E-state index contributed by atoms with van der Waals surface area (Å²) in [5.74, 6) is 0.0166. The molecule has 0 radical (unpaired) electrons. The number of halogens is 3. The van der Waals surface area contributed by atoms with Gasteiger partial charge in [-0.3, -0.25) is 4.79 Å². The molecular formula is C32H28Cl2FN5O4. The number of nitrogens with zero attached hydrogens (tertiary/aromatic N) is 2. The lowest BCUT2D eigenvalue weighted by molar-refractivity contribution is -0.119. The number of amides is 2. The molecule has 9 nitrogen and oxygen atoms in total. The molecule has 3 N–H and O–H groups in total. The van der Waals surface area contributed by atoms with Crippen molar-refractivity contribution in [3.05, 3.63) is 94.4 Å². The minimum atomic E-state index is -0.618. The average molecular weight is 637 g/mol. The van der Waals surface area contributed by atoms with Crippen LogP contribution in [-0.4, -0.2) is 41.7 Å². The molecule has 1 atom stereocenters. The molecule has 4 aromatic rings. The maximum atomic E-state index is 14.8. The van der Waals surface area contributed by atoms with Gasteiger partial charge in [0.1, 0.15) is 12.4 Å². The number of hydrogen-bond acceptors (Lipinski definition) is 7. The molecule has 2 aromatic carbocycles. The number of anilines is 2. The van der Waals surface area contributed by atoms with Crippen LogP contribution in [0.1, 0.15) is 24.0 Å². The molecule has 2 amide bonds. The second-order valence-electron chi connectivity index (χ2n) is 9.85. The zero-order valence-electron chi connectivity index (χ0n) is 23.6. The number of carbonyl (C=O) groups is 2. The van der Waals surface area contributed by atoms with E-state index in [-0.39, 0.29) is 47.5 Å². The van der Waals surface area contributed by atoms with Gasteiger partial charge in [-0.25, -0.2) is 19.2 Å². The number of rotatable bonds is 10. The SMILES string of the molecule is C=Cc1cccc(Nc2nccc(-c3cccc(-c4ccc(COC(=O)NC[C@@H]5CCC(=O)N5)c(OC)n4)c3Cl)c2Cl)c1F. The topological polar surface area (TPSA) is 114 Å². The Morgan fingerprint density at radius 3 is 2.64 bits per heavy atom. The first-order valence-corrected chi connectivity index (χ1v) is 14.4. The van der Waals surface area contributed by atoms with Crippen LogP contribution in [0.3, 0.4) is 0 Å². The molecule has 1 aliphatic rings.